The smallest absolute Gasteiger partial charge is 0.252 e. The van der Waals surface area contributed by atoms with Gasteiger partial charge in [-0.3, -0.25) is 9.69 Å². The zero-order chi connectivity index (χ0) is 20.7. The second-order valence-corrected chi connectivity index (χ2v) is 8.03. The van der Waals surface area contributed by atoms with Crippen molar-refractivity contribution in [2.24, 2.45) is 0 Å². The van der Waals surface area contributed by atoms with Gasteiger partial charge >= 0.3 is 0 Å². The lowest BCUT2D eigenvalue weighted by atomic mass is 9.85. The molecule has 1 fully saturated rings. The summed E-state index contributed by atoms with van der Waals surface area (Å²) in [6.07, 6.45) is 0. The Bertz CT molecular complexity index is 1200. The maximum atomic E-state index is 13.5. The van der Waals surface area contributed by atoms with Gasteiger partial charge in [0.1, 0.15) is 6.04 Å². The molecular weight excluding hydrogens is 392 g/mol. The Balaban J connectivity index is 1.62. The largest absolute Gasteiger partial charge is 0.361 e. The lowest BCUT2D eigenvalue weighted by Gasteiger charge is -2.51. The number of para-hydroxylation sites is 1. The molecule has 2 unspecified atom stereocenters. The molecule has 4 heteroatoms. The zero-order valence-electron chi connectivity index (χ0n) is 16.6. The summed E-state index contributed by atoms with van der Waals surface area (Å²) < 4.78 is 0. The predicted molar refractivity (Wildman–Crippen MR) is 124 cm³/mol. The highest BCUT2D eigenvalue weighted by Gasteiger charge is 2.51. The van der Waals surface area contributed by atoms with Crippen molar-refractivity contribution >= 4 is 39.7 Å². The monoisotopic (exact) mass is 412 g/mol. The minimum atomic E-state index is -0.285. The van der Waals surface area contributed by atoms with Crippen LogP contribution in [0, 0.1) is 0 Å². The maximum Gasteiger partial charge on any atom is 0.252 e. The highest BCUT2D eigenvalue weighted by molar-refractivity contribution is 6.30. The fraction of sp³-hybridized carbons (Fsp3) is 0.115. The number of benzene rings is 4. The van der Waals surface area contributed by atoms with Crippen molar-refractivity contribution in [1.82, 2.24) is 0 Å². The number of amides is 1. The van der Waals surface area contributed by atoms with Crippen molar-refractivity contribution in [2.45, 2.75) is 12.1 Å². The van der Waals surface area contributed by atoms with Gasteiger partial charge in [0.05, 0.1) is 11.7 Å². The van der Waals surface area contributed by atoms with Crippen LogP contribution in [-0.4, -0.2) is 19.0 Å². The molecule has 30 heavy (non-hydrogen) atoms. The number of rotatable bonds is 4. The number of carbonyl (C=O) groups excluding carboxylic acids is 1. The van der Waals surface area contributed by atoms with E-state index in [9.17, 15) is 4.79 Å². The molecule has 0 saturated carbocycles. The first-order chi connectivity index (χ1) is 14.6. The summed E-state index contributed by atoms with van der Waals surface area (Å²) >= 11 is 6.14. The number of nitrogens with zero attached hydrogens (tertiary/aromatic N) is 2. The molecule has 0 N–H and O–H groups in total. The van der Waals surface area contributed by atoms with Crippen LogP contribution in [0.1, 0.15) is 11.6 Å². The Labute approximate surface area is 181 Å². The Hall–Kier alpha value is -3.30. The van der Waals surface area contributed by atoms with E-state index in [1.807, 2.05) is 90.8 Å². The third-order valence-corrected chi connectivity index (χ3v) is 6.14. The molecule has 0 aliphatic carbocycles. The number of fused-ring (bicyclic) bond motifs is 1. The minimum Gasteiger partial charge on any atom is -0.361 e. The number of hydrogen-bond donors (Lipinski definition) is 0. The fourth-order valence-corrected chi connectivity index (χ4v) is 4.48. The molecule has 1 aliphatic heterocycles. The average molecular weight is 413 g/mol. The summed E-state index contributed by atoms with van der Waals surface area (Å²) in [4.78, 5) is 17.5. The highest BCUT2D eigenvalue weighted by atomic mass is 35.5. The number of anilines is 2. The topological polar surface area (TPSA) is 23.6 Å². The summed E-state index contributed by atoms with van der Waals surface area (Å²) in [5.41, 5.74) is 3.03. The molecule has 1 aliphatic rings. The number of carbonyl (C=O) groups is 1. The van der Waals surface area contributed by atoms with Gasteiger partial charge in [0.2, 0.25) is 0 Å². The average Bonchev–Trinajstić information content (AvgIpc) is 2.79. The van der Waals surface area contributed by atoms with Crippen LogP contribution in [0.5, 0.6) is 0 Å². The molecule has 2 atom stereocenters. The van der Waals surface area contributed by atoms with Gasteiger partial charge in [-0.25, -0.2) is 0 Å². The van der Waals surface area contributed by atoms with E-state index >= 15 is 0 Å². The Morgan fingerprint density at radius 1 is 0.800 bits per heavy atom. The fourth-order valence-electron chi connectivity index (χ4n) is 4.35. The third kappa shape index (κ3) is 3.03. The third-order valence-electron chi connectivity index (χ3n) is 5.89. The van der Waals surface area contributed by atoms with E-state index in [0.717, 1.165) is 27.7 Å². The van der Waals surface area contributed by atoms with E-state index in [-0.39, 0.29) is 18.0 Å². The first kappa shape index (κ1) is 18.7. The Morgan fingerprint density at radius 2 is 1.47 bits per heavy atom. The van der Waals surface area contributed by atoms with E-state index < -0.39 is 0 Å². The molecule has 5 rings (SSSR count). The van der Waals surface area contributed by atoms with E-state index in [1.165, 1.54) is 0 Å². The van der Waals surface area contributed by atoms with Crippen LogP contribution in [-0.2, 0) is 4.79 Å². The molecule has 1 heterocycles. The van der Waals surface area contributed by atoms with Crippen LogP contribution >= 0.6 is 11.6 Å². The highest BCUT2D eigenvalue weighted by Crippen LogP contribution is 2.45. The van der Waals surface area contributed by atoms with Crippen molar-refractivity contribution in [1.29, 1.82) is 0 Å². The molecule has 0 spiro atoms. The van der Waals surface area contributed by atoms with E-state index in [4.69, 9.17) is 11.6 Å². The van der Waals surface area contributed by atoms with E-state index in [1.54, 1.807) is 0 Å². The van der Waals surface area contributed by atoms with Crippen molar-refractivity contribution in [3.05, 3.63) is 108 Å². The number of halogens is 1. The summed E-state index contributed by atoms with van der Waals surface area (Å²) in [7, 11) is 1.99. The quantitative estimate of drug-likeness (QED) is 0.379. The standard InChI is InChI=1S/C26H21ClN2O/c1-28(21-10-3-2-4-11-21)25-24(19-14-16-20(27)17-15-19)29(26(25)30)23-13-7-9-18-8-5-6-12-22(18)23/h2-17,24-25H,1H3. The summed E-state index contributed by atoms with van der Waals surface area (Å²) in [5, 5.41) is 2.89. The zero-order valence-corrected chi connectivity index (χ0v) is 17.3. The lowest BCUT2D eigenvalue weighted by Crippen LogP contribution is -2.65. The van der Waals surface area contributed by atoms with Gasteiger partial charge in [-0.15, -0.1) is 0 Å². The number of β-lactam (4-membered cyclic amide) rings is 1. The van der Waals surface area contributed by atoms with Gasteiger partial charge in [0.25, 0.3) is 5.91 Å². The van der Waals surface area contributed by atoms with Gasteiger partial charge in [-0.1, -0.05) is 78.3 Å². The first-order valence-corrected chi connectivity index (χ1v) is 10.4. The van der Waals surface area contributed by atoms with Gasteiger partial charge < -0.3 is 4.90 Å². The summed E-state index contributed by atoms with van der Waals surface area (Å²) in [5.74, 6) is 0.0951. The molecule has 0 bridgehead atoms. The van der Waals surface area contributed by atoms with Gasteiger partial charge in [0, 0.05) is 23.1 Å². The van der Waals surface area contributed by atoms with Gasteiger partial charge in [-0.05, 0) is 41.3 Å². The summed E-state index contributed by atoms with van der Waals surface area (Å²) in [6, 6.07) is 31.8. The second-order valence-electron chi connectivity index (χ2n) is 7.59. The van der Waals surface area contributed by atoms with Crippen LogP contribution in [0.3, 0.4) is 0 Å². The van der Waals surface area contributed by atoms with Crippen LogP contribution in [0.15, 0.2) is 97.1 Å². The normalized spacial score (nSPS) is 18.3. The lowest BCUT2D eigenvalue weighted by molar-refractivity contribution is -0.126. The molecule has 4 aromatic rings. The molecule has 3 nitrogen and oxygen atoms in total. The molecule has 0 radical (unpaired) electrons. The summed E-state index contributed by atoms with van der Waals surface area (Å²) in [6.45, 7) is 0. The molecule has 1 saturated heterocycles. The Morgan fingerprint density at radius 3 is 2.23 bits per heavy atom. The Kier molecular flexibility index (Phi) is 4.68. The maximum absolute atomic E-state index is 13.5. The first-order valence-electron chi connectivity index (χ1n) is 9.99. The second kappa shape index (κ2) is 7.51. The van der Waals surface area contributed by atoms with Gasteiger partial charge in [0.15, 0.2) is 0 Å². The molecule has 1 amide bonds. The van der Waals surface area contributed by atoms with Gasteiger partial charge in [-0.2, -0.15) is 0 Å². The van der Waals surface area contributed by atoms with Crippen LogP contribution in [0.4, 0.5) is 11.4 Å². The number of hydrogen-bond acceptors (Lipinski definition) is 2. The molecule has 0 aromatic heterocycles. The van der Waals surface area contributed by atoms with Crippen LogP contribution in [0.25, 0.3) is 10.8 Å². The molecular formula is C26H21ClN2O. The minimum absolute atomic E-state index is 0.0951. The molecule has 4 aromatic carbocycles. The van der Waals surface area contributed by atoms with Crippen molar-refractivity contribution in [3.63, 3.8) is 0 Å². The van der Waals surface area contributed by atoms with E-state index in [0.29, 0.717) is 5.02 Å². The number of likely N-dealkylation sites (N-methyl/N-ethyl adjacent to an activating group) is 1. The molecule has 148 valence electrons. The van der Waals surface area contributed by atoms with Crippen LogP contribution in [0.2, 0.25) is 5.02 Å². The van der Waals surface area contributed by atoms with Crippen molar-refractivity contribution in [3.8, 4) is 0 Å². The van der Waals surface area contributed by atoms with Crippen molar-refractivity contribution < 1.29 is 4.79 Å². The van der Waals surface area contributed by atoms with Crippen LogP contribution < -0.4 is 9.80 Å². The van der Waals surface area contributed by atoms with Crippen molar-refractivity contribution in [2.75, 3.05) is 16.8 Å². The van der Waals surface area contributed by atoms with E-state index in [2.05, 4.69) is 23.1 Å². The predicted octanol–water partition coefficient (Wildman–Crippen LogP) is 6.09. The SMILES string of the molecule is CN(c1ccccc1)C1C(=O)N(c2cccc3ccccc23)C1c1ccc(Cl)cc1.